The van der Waals surface area contributed by atoms with Crippen LogP contribution < -0.4 is 19.1 Å². The van der Waals surface area contributed by atoms with Gasteiger partial charge in [0.2, 0.25) is 11.8 Å². The van der Waals surface area contributed by atoms with Crippen molar-refractivity contribution in [3.8, 4) is 11.5 Å². The second kappa shape index (κ2) is 14.7. The lowest BCUT2D eigenvalue weighted by molar-refractivity contribution is -0.140. The number of nitrogens with zero attached hydrogens (tertiary/aromatic N) is 2. The molecular formula is C31H38FN3O6S. The summed E-state index contributed by atoms with van der Waals surface area (Å²) in [5.74, 6) is -0.874. The largest absolute Gasteiger partial charge is 0.497 e. The van der Waals surface area contributed by atoms with Crippen molar-refractivity contribution in [2.75, 3.05) is 25.1 Å². The summed E-state index contributed by atoms with van der Waals surface area (Å²) in [5.41, 5.74) is 0.670. The maximum atomic E-state index is 14.2. The predicted octanol–water partition coefficient (Wildman–Crippen LogP) is 4.76. The molecule has 1 N–H and O–H groups in total. The van der Waals surface area contributed by atoms with Crippen molar-refractivity contribution in [2.24, 2.45) is 0 Å². The number of ether oxygens (including phenoxy) is 2. The Labute approximate surface area is 247 Å². The van der Waals surface area contributed by atoms with Gasteiger partial charge in [-0.05, 0) is 61.7 Å². The summed E-state index contributed by atoms with van der Waals surface area (Å²) in [6.45, 7) is 4.88. The molecule has 9 nitrogen and oxygen atoms in total. The SMILES string of the molecule is CC[C@H](C(=O)N[C@@H](C)CC)N(Cc1ccc(F)cc1)C(=O)CN(c1cc(OC)ccc1OC)S(=O)(=O)c1ccccc1. The van der Waals surface area contributed by atoms with E-state index in [4.69, 9.17) is 9.47 Å². The monoisotopic (exact) mass is 599 g/mol. The predicted molar refractivity (Wildman–Crippen MR) is 159 cm³/mol. The maximum Gasteiger partial charge on any atom is 0.264 e. The molecule has 11 heteroatoms. The highest BCUT2D eigenvalue weighted by atomic mass is 32.2. The third kappa shape index (κ3) is 7.79. The molecule has 226 valence electrons. The first-order chi connectivity index (χ1) is 20.0. The highest BCUT2D eigenvalue weighted by molar-refractivity contribution is 7.92. The standard InChI is InChI=1S/C31H38FN3O6S/c1-6-22(3)33-31(37)27(7-2)34(20-23-13-15-24(32)16-14-23)30(36)21-35(42(38,39)26-11-9-8-10-12-26)28-19-25(40-4)17-18-29(28)41-5/h8-19,22,27H,6-7,20-21H2,1-5H3,(H,33,37)/t22-,27+/m0/s1. The molecule has 0 bridgehead atoms. The first kappa shape index (κ1) is 32.4. The number of halogens is 1. The van der Waals surface area contributed by atoms with Crippen molar-refractivity contribution < 1.29 is 31.9 Å². The number of amides is 2. The molecule has 0 spiro atoms. The molecule has 3 rings (SSSR count). The highest BCUT2D eigenvalue weighted by Gasteiger charge is 2.35. The summed E-state index contributed by atoms with van der Waals surface area (Å²) in [6, 6.07) is 16.9. The highest BCUT2D eigenvalue weighted by Crippen LogP contribution is 2.36. The Morgan fingerprint density at radius 2 is 1.60 bits per heavy atom. The van der Waals surface area contributed by atoms with Gasteiger partial charge in [0.05, 0.1) is 24.8 Å². The van der Waals surface area contributed by atoms with Crippen molar-refractivity contribution in [1.29, 1.82) is 0 Å². The third-order valence-corrected chi connectivity index (χ3v) is 8.69. The van der Waals surface area contributed by atoms with Crippen molar-refractivity contribution in [3.63, 3.8) is 0 Å². The number of hydrogen-bond donors (Lipinski definition) is 1. The molecular weight excluding hydrogens is 561 g/mol. The van der Waals surface area contributed by atoms with Gasteiger partial charge in [0.1, 0.15) is 29.9 Å². The summed E-state index contributed by atoms with van der Waals surface area (Å²) in [7, 11) is -1.45. The smallest absolute Gasteiger partial charge is 0.264 e. The van der Waals surface area contributed by atoms with Crippen LogP contribution in [0, 0.1) is 5.82 Å². The van der Waals surface area contributed by atoms with Gasteiger partial charge < -0.3 is 19.7 Å². The van der Waals surface area contributed by atoms with E-state index in [1.54, 1.807) is 37.3 Å². The topological polar surface area (TPSA) is 105 Å². The molecule has 0 heterocycles. The summed E-state index contributed by atoms with van der Waals surface area (Å²) >= 11 is 0. The number of benzene rings is 3. The zero-order valence-corrected chi connectivity index (χ0v) is 25.4. The van der Waals surface area contributed by atoms with E-state index in [2.05, 4.69) is 5.32 Å². The molecule has 3 aromatic rings. The second-order valence-corrected chi connectivity index (χ2v) is 11.6. The average Bonchev–Trinajstić information content (AvgIpc) is 3.00. The van der Waals surface area contributed by atoms with Crippen molar-refractivity contribution in [1.82, 2.24) is 10.2 Å². The quantitative estimate of drug-likeness (QED) is 0.287. The minimum Gasteiger partial charge on any atom is -0.497 e. The van der Waals surface area contributed by atoms with Crippen LogP contribution in [0.3, 0.4) is 0 Å². The van der Waals surface area contributed by atoms with E-state index >= 15 is 0 Å². The molecule has 3 aromatic carbocycles. The Bertz CT molecular complexity index is 1450. The normalized spacial score (nSPS) is 12.6. The van der Waals surface area contributed by atoms with E-state index < -0.39 is 34.3 Å². The van der Waals surface area contributed by atoms with Crippen LogP contribution in [0.2, 0.25) is 0 Å². The fourth-order valence-corrected chi connectivity index (χ4v) is 5.81. The summed E-state index contributed by atoms with van der Waals surface area (Å²) in [4.78, 5) is 28.8. The molecule has 2 amide bonds. The molecule has 0 aliphatic heterocycles. The van der Waals surface area contributed by atoms with Gasteiger partial charge in [-0.1, -0.05) is 44.2 Å². The number of carbonyl (C=O) groups excluding carboxylic acids is 2. The van der Waals surface area contributed by atoms with Crippen LogP contribution in [0.25, 0.3) is 0 Å². The van der Waals surface area contributed by atoms with Crippen LogP contribution in [0.5, 0.6) is 11.5 Å². The van der Waals surface area contributed by atoms with Gasteiger partial charge in [0.15, 0.2) is 0 Å². The van der Waals surface area contributed by atoms with E-state index in [-0.39, 0.29) is 41.2 Å². The fourth-order valence-electron chi connectivity index (χ4n) is 4.37. The zero-order valence-electron chi connectivity index (χ0n) is 24.5. The molecule has 0 unspecified atom stereocenters. The number of hydrogen-bond acceptors (Lipinski definition) is 6. The minimum atomic E-state index is -4.29. The Morgan fingerprint density at radius 3 is 2.17 bits per heavy atom. The molecule has 42 heavy (non-hydrogen) atoms. The van der Waals surface area contributed by atoms with Gasteiger partial charge in [-0.15, -0.1) is 0 Å². The average molecular weight is 600 g/mol. The first-order valence-corrected chi connectivity index (χ1v) is 15.1. The van der Waals surface area contributed by atoms with Crippen molar-refractivity contribution in [2.45, 2.75) is 57.1 Å². The number of sulfonamides is 1. The van der Waals surface area contributed by atoms with Gasteiger partial charge in [-0.2, -0.15) is 0 Å². The number of carbonyl (C=O) groups is 2. The van der Waals surface area contributed by atoms with Gasteiger partial charge >= 0.3 is 0 Å². The number of anilines is 1. The van der Waals surface area contributed by atoms with Crippen LogP contribution in [-0.2, 0) is 26.2 Å². The third-order valence-electron chi connectivity index (χ3n) is 6.92. The second-order valence-electron chi connectivity index (χ2n) is 9.75. The summed E-state index contributed by atoms with van der Waals surface area (Å²) in [5, 5.41) is 2.92. The van der Waals surface area contributed by atoms with E-state index in [1.165, 1.54) is 61.6 Å². The molecule has 0 radical (unpaired) electrons. The lowest BCUT2D eigenvalue weighted by atomic mass is 10.1. The Hall–Kier alpha value is -4.12. The number of nitrogens with one attached hydrogen (secondary N) is 1. The van der Waals surface area contributed by atoms with Gasteiger partial charge in [0.25, 0.3) is 10.0 Å². The maximum absolute atomic E-state index is 14.2. The first-order valence-electron chi connectivity index (χ1n) is 13.7. The number of methoxy groups -OCH3 is 2. The summed E-state index contributed by atoms with van der Waals surface area (Å²) in [6.07, 6.45) is 0.954. The minimum absolute atomic E-state index is 0.0330. The van der Waals surface area contributed by atoms with Gasteiger partial charge in [-0.25, -0.2) is 12.8 Å². The van der Waals surface area contributed by atoms with Crippen LogP contribution in [0.1, 0.15) is 39.2 Å². The molecule has 2 atom stereocenters. The van der Waals surface area contributed by atoms with Crippen LogP contribution in [-0.4, -0.2) is 58.0 Å². The summed E-state index contributed by atoms with van der Waals surface area (Å²) < 4.78 is 53.5. The van der Waals surface area contributed by atoms with E-state index in [0.717, 1.165) is 4.31 Å². The van der Waals surface area contributed by atoms with Crippen LogP contribution >= 0.6 is 0 Å². The Balaban J connectivity index is 2.13. The Kier molecular flexibility index (Phi) is 11.3. The van der Waals surface area contributed by atoms with E-state index in [9.17, 15) is 22.4 Å². The van der Waals surface area contributed by atoms with Gasteiger partial charge in [-0.3, -0.25) is 13.9 Å². The Morgan fingerprint density at radius 1 is 0.929 bits per heavy atom. The molecule has 0 aliphatic rings. The van der Waals surface area contributed by atoms with Crippen molar-refractivity contribution >= 4 is 27.5 Å². The molecule has 0 fully saturated rings. The molecule has 0 aromatic heterocycles. The number of rotatable bonds is 14. The molecule has 0 aliphatic carbocycles. The van der Waals surface area contributed by atoms with Crippen LogP contribution in [0.15, 0.2) is 77.7 Å². The lowest BCUT2D eigenvalue weighted by Gasteiger charge is -2.34. The van der Waals surface area contributed by atoms with Crippen LogP contribution in [0.4, 0.5) is 10.1 Å². The van der Waals surface area contributed by atoms with Crippen molar-refractivity contribution in [3.05, 3.63) is 84.2 Å². The molecule has 0 saturated carbocycles. The molecule has 0 saturated heterocycles. The van der Waals surface area contributed by atoms with E-state index in [1.807, 2.05) is 13.8 Å². The zero-order chi connectivity index (χ0) is 30.9. The van der Waals surface area contributed by atoms with Gasteiger partial charge in [0, 0.05) is 18.7 Å². The lowest BCUT2D eigenvalue weighted by Crippen LogP contribution is -2.53. The fraction of sp³-hybridized carbons (Fsp3) is 0.355. The van der Waals surface area contributed by atoms with E-state index in [0.29, 0.717) is 17.7 Å².